The number of carbonyl (C=O) groups is 2. The van der Waals surface area contributed by atoms with Crippen LogP contribution in [0.4, 0.5) is 5.82 Å². The summed E-state index contributed by atoms with van der Waals surface area (Å²) in [4.78, 5) is 27.7. The predicted octanol–water partition coefficient (Wildman–Crippen LogP) is 0.909. The molecule has 0 spiro atoms. The lowest BCUT2D eigenvalue weighted by Gasteiger charge is -2.14. The average Bonchev–Trinajstić information content (AvgIpc) is 2.71. The van der Waals surface area contributed by atoms with Crippen molar-refractivity contribution in [3.8, 4) is 0 Å². The first-order valence-electron chi connectivity index (χ1n) is 9.25. The van der Waals surface area contributed by atoms with Gasteiger partial charge in [-0.1, -0.05) is 32.0 Å². The van der Waals surface area contributed by atoms with Gasteiger partial charge in [-0.25, -0.2) is 4.98 Å². The summed E-state index contributed by atoms with van der Waals surface area (Å²) in [5.41, 5.74) is 13.2. The summed E-state index contributed by atoms with van der Waals surface area (Å²) in [6, 6.07) is 7.97. The van der Waals surface area contributed by atoms with E-state index in [0.29, 0.717) is 6.42 Å². The van der Waals surface area contributed by atoms with Gasteiger partial charge in [-0.2, -0.15) is 13.5 Å². The minimum Gasteiger partial charge on any atom is -0.320 e. The Labute approximate surface area is 179 Å². The molecule has 1 atom stereocenters. The molecule has 0 saturated heterocycles. The number of rotatable bonds is 8. The molecule has 1 heterocycles. The number of anilines is 1. The zero-order valence-electron chi connectivity index (χ0n) is 16.9. The summed E-state index contributed by atoms with van der Waals surface area (Å²) in [5.74, 6) is -0.549. The fourth-order valence-electron chi connectivity index (χ4n) is 2.48. The molecule has 2 aromatic rings. The first-order valence-corrected chi connectivity index (χ1v) is 10.7. The molecule has 0 aliphatic heterocycles. The third kappa shape index (κ3) is 7.44. The van der Waals surface area contributed by atoms with Gasteiger partial charge in [-0.05, 0) is 30.5 Å². The quantitative estimate of drug-likeness (QED) is 0.225. The Balaban J connectivity index is 1.93. The molecule has 2 amide bonds. The average molecular weight is 449 g/mol. The fraction of sp³-hybridized carbons (Fsp3) is 0.263. The summed E-state index contributed by atoms with van der Waals surface area (Å²) >= 11 is 0. The normalized spacial score (nSPS) is 12.5. The van der Waals surface area contributed by atoms with Crippen LogP contribution in [-0.2, 0) is 14.9 Å². The van der Waals surface area contributed by atoms with Gasteiger partial charge in [0.2, 0.25) is 0 Å². The standard InChI is InChI=1S/C19H24N6O5S/c1-12(2)9-15(20)19(27)25-24-18(26)14-7-8-17(21-10-14)23-22-11-13-5-3-4-6-16(13)31(28,29)30/h3-8,10-12,15H,9,20H2,1-2H3,(H,21,23)(H,24,26)(H,25,27)(H,28,29,30)/t15-/m0/s1. The van der Waals surface area contributed by atoms with E-state index in [1.165, 1.54) is 42.7 Å². The minimum absolute atomic E-state index is 0.180. The van der Waals surface area contributed by atoms with Crippen molar-refractivity contribution in [2.24, 2.45) is 16.8 Å². The van der Waals surface area contributed by atoms with E-state index >= 15 is 0 Å². The highest BCUT2D eigenvalue weighted by molar-refractivity contribution is 7.86. The van der Waals surface area contributed by atoms with Gasteiger partial charge in [0.15, 0.2) is 0 Å². The number of amides is 2. The number of carbonyl (C=O) groups excluding carboxylic acids is 2. The number of nitrogens with two attached hydrogens (primary N) is 1. The van der Waals surface area contributed by atoms with Crippen LogP contribution in [0, 0.1) is 5.92 Å². The second-order valence-electron chi connectivity index (χ2n) is 6.99. The number of hydrogen-bond donors (Lipinski definition) is 5. The maximum absolute atomic E-state index is 12.1. The van der Waals surface area contributed by atoms with Crippen molar-refractivity contribution >= 4 is 34.0 Å². The molecular weight excluding hydrogens is 424 g/mol. The summed E-state index contributed by atoms with van der Waals surface area (Å²) in [6.45, 7) is 3.87. The summed E-state index contributed by atoms with van der Waals surface area (Å²) in [5, 5.41) is 3.88. The molecule has 31 heavy (non-hydrogen) atoms. The maximum Gasteiger partial charge on any atom is 0.295 e. The Kier molecular flexibility index (Phi) is 8.19. The number of hydrazone groups is 1. The number of nitrogens with one attached hydrogen (secondary N) is 3. The van der Waals surface area contributed by atoms with E-state index in [9.17, 15) is 22.6 Å². The second-order valence-corrected chi connectivity index (χ2v) is 8.38. The Morgan fingerprint density at radius 2 is 1.90 bits per heavy atom. The lowest BCUT2D eigenvalue weighted by Crippen LogP contribution is -2.49. The molecule has 166 valence electrons. The number of hydrogen-bond acceptors (Lipinski definition) is 8. The molecule has 0 aliphatic carbocycles. The van der Waals surface area contributed by atoms with Gasteiger partial charge in [0.25, 0.3) is 21.9 Å². The van der Waals surface area contributed by atoms with Crippen LogP contribution in [0.5, 0.6) is 0 Å². The summed E-state index contributed by atoms with van der Waals surface area (Å²) < 4.78 is 31.9. The molecule has 11 nitrogen and oxygen atoms in total. The smallest absolute Gasteiger partial charge is 0.295 e. The molecule has 0 fully saturated rings. The van der Waals surface area contributed by atoms with Crippen LogP contribution in [0.2, 0.25) is 0 Å². The van der Waals surface area contributed by atoms with E-state index in [1.807, 2.05) is 13.8 Å². The Hall–Kier alpha value is -3.35. The van der Waals surface area contributed by atoms with Crippen molar-refractivity contribution in [1.82, 2.24) is 15.8 Å². The van der Waals surface area contributed by atoms with Gasteiger partial charge in [0, 0.05) is 11.8 Å². The van der Waals surface area contributed by atoms with Crippen LogP contribution in [0.3, 0.4) is 0 Å². The van der Waals surface area contributed by atoms with E-state index < -0.39 is 28.0 Å². The molecule has 12 heteroatoms. The molecule has 0 aliphatic rings. The van der Waals surface area contributed by atoms with Gasteiger partial charge in [0.05, 0.1) is 17.8 Å². The molecular formula is C19H24N6O5S. The van der Waals surface area contributed by atoms with Crippen LogP contribution in [-0.4, -0.2) is 42.0 Å². The third-order valence-electron chi connectivity index (χ3n) is 3.97. The first kappa shape index (κ1) is 23.9. The van der Waals surface area contributed by atoms with E-state index in [1.54, 1.807) is 6.07 Å². The van der Waals surface area contributed by atoms with E-state index in [2.05, 4.69) is 26.4 Å². The zero-order chi connectivity index (χ0) is 23.0. The van der Waals surface area contributed by atoms with Gasteiger partial charge >= 0.3 is 0 Å². The largest absolute Gasteiger partial charge is 0.320 e. The SMILES string of the molecule is CC(C)C[C@H](N)C(=O)NNC(=O)c1ccc(NN=Cc2ccccc2S(=O)(=O)O)nc1. The van der Waals surface area contributed by atoms with E-state index in [-0.39, 0.29) is 27.8 Å². The predicted molar refractivity (Wildman–Crippen MR) is 115 cm³/mol. The molecule has 0 bridgehead atoms. The zero-order valence-corrected chi connectivity index (χ0v) is 17.8. The number of pyridine rings is 1. The lowest BCUT2D eigenvalue weighted by molar-refractivity contribution is -0.123. The van der Waals surface area contributed by atoms with Crippen molar-refractivity contribution in [2.75, 3.05) is 5.43 Å². The highest BCUT2D eigenvalue weighted by Crippen LogP contribution is 2.13. The number of nitrogens with zero attached hydrogens (tertiary/aromatic N) is 2. The lowest BCUT2D eigenvalue weighted by atomic mass is 10.0. The van der Waals surface area contributed by atoms with Crippen molar-refractivity contribution in [1.29, 1.82) is 0 Å². The van der Waals surface area contributed by atoms with Crippen molar-refractivity contribution in [2.45, 2.75) is 31.2 Å². The highest BCUT2D eigenvalue weighted by atomic mass is 32.2. The molecule has 0 radical (unpaired) electrons. The van der Waals surface area contributed by atoms with E-state index in [0.717, 1.165) is 0 Å². The van der Waals surface area contributed by atoms with Crippen LogP contribution in [0.25, 0.3) is 0 Å². The molecule has 1 aromatic heterocycles. The van der Waals surface area contributed by atoms with Crippen molar-refractivity contribution in [3.05, 3.63) is 53.7 Å². The Morgan fingerprint density at radius 3 is 2.52 bits per heavy atom. The van der Waals surface area contributed by atoms with Crippen molar-refractivity contribution < 1.29 is 22.6 Å². The third-order valence-corrected chi connectivity index (χ3v) is 4.89. The fourth-order valence-corrected chi connectivity index (χ4v) is 3.15. The van der Waals surface area contributed by atoms with Gasteiger partial charge in [-0.15, -0.1) is 0 Å². The summed E-state index contributed by atoms with van der Waals surface area (Å²) in [6.07, 6.45) is 2.96. The number of benzene rings is 1. The Bertz CT molecular complexity index is 1050. The number of hydrazine groups is 1. The molecule has 6 N–H and O–H groups in total. The van der Waals surface area contributed by atoms with Gasteiger partial charge in [-0.3, -0.25) is 30.4 Å². The molecule has 0 unspecified atom stereocenters. The van der Waals surface area contributed by atoms with Crippen molar-refractivity contribution in [3.63, 3.8) is 0 Å². The summed E-state index contributed by atoms with van der Waals surface area (Å²) in [7, 11) is -4.38. The molecule has 0 saturated carbocycles. The Morgan fingerprint density at radius 1 is 1.19 bits per heavy atom. The van der Waals surface area contributed by atoms with Crippen LogP contribution < -0.4 is 22.0 Å². The van der Waals surface area contributed by atoms with E-state index in [4.69, 9.17) is 5.73 Å². The van der Waals surface area contributed by atoms with Crippen LogP contribution in [0.15, 0.2) is 52.6 Å². The van der Waals surface area contributed by atoms with Gasteiger partial charge < -0.3 is 5.73 Å². The second kappa shape index (κ2) is 10.6. The number of aromatic nitrogens is 1. The molecule has 2 rings (SSSR count). The van der Waals surface area contributed by atoms with Gasteiger partial charge in [0.1, 0.15) is 10.7 Å². The molecule has 1 aromatic carbocycles. The monoisotopic (exact) mass is 448 g/mol. The first-order chi connectivity index (χ1) is 14.6. The highest BCUT2D eigenvalue weighted by Gasteiger charge is 2.16. The minimum atomic E-state index is -4.38. The maximum atomic E-state index is 12.1. The van der Waals surface area contributed by atoms with Crippen LogP contribution >= 0.6 is 0 Å². The van der Waals surface area contributed by atoms with Crippen LogP contribution in [0.1, 0.15) is 36.2 Å². The topological polar surface area (TPSA) is 176 Å².